The van der Waals surface area contributed by atoms with Crippen LogP contribution in [-0.2, 0) is 4.74 Å². The van der Waals surface area contributed by atoms with Gasteiger partial charge in [-0.05, 0) is 37.1 Å². The van der Waals surface area contributed by atoms with E-state index in [4.69, 9.17) is 4.74 Å². The van der Waals surface area contributed by atoms with Crippen LogP contribution in [0.4, 0.5) is 10.2 Å². The summed E-state index contributed by atoms with van der Waals surface area (Å²) in [6.07, 6.45) is 5.62. The fraction of sp³-hybridized carbons (Fsp3) is 0.312. The van der Waals surface area contributed by atoms with Crippen molar-refractivity contribution in [3.8, 4) is 5.69 Å². The second-order valence-electron chi connectivity index (χ2n) is 5.51. The molecule has 1 saturated heterocycles. The second-order valence-corrected chi connectivity index (χ2v) is 5.51. The van der Waals surface area contributed by atoms with Gasteiger partial charge in [0.2, 0.25) is 0 Å². The maximum absolute atomic E-state index is 13.1. The number of anilines is 1. The highest BCUT2D eigenvalue weighted by atomic mass is 19.1. The Morgan fingerprint density at radius 3 is 2.91 bits per heavy atom. The third-order valence-electron chi connectivity index (χ3n) is 3.96. The molecule has 3 heterocycles. The van der Waals surface area contributed by atoms with E-state index in [1.165, 1.54) is 18.5 Å². The van der Waals surface area contributed by atoms with Crippen LogP contribution in [0.2, 0.25) is 0 Å². The molecule has 0 unspecified atom stereocenters. The summed E-state index contributed by atoms with van der Waals surface area (Å²) in [5.74, 6) is 0.456. The van der Waals surface area contributed by atoms with Crippen LogP contribution in [0, 0.1) is 5.82 Å². The van der Waals surface area contributed by atoms with Gasteiger partial charge < -0.3 is 10.1 Å². The molecule has 1 atom stereocenters. The average molecular weight is 313 g/mol. The lowest BCUT2D eigenvalue weighted by molar-refractivity contribution is 0.120. The minimum absolute atomic E-state index is 0.229. The molecule has 0 aliphatic carbocycles. The van der Waals surface area contributed by atoms with Crippen molar-refractivity contribution >= 4 is 16.9 Å². The third kappa shape index (κ3) is 2.75. The zero-order valence-electron chi connectivity index (χ0n) is 12.4. The van der Waals surface area contributed by atoms with Crippen molar-refractivity contribution in [1.29, 1.82) is 0 Å². The van der Waals surface area contributed by atoms with Crippen LogP contribution in [0.5, 0.6) is 0 Å². The van der Waals surface area contributed by atoms with Crippen LogP contribution in [-0.4, -0.2) is 39.0 Å². The van der Waals surface area contributed by atoms with Gasteiger partial charge in [-0.1, -0.05) is 0 Å². The number of nitrogens with one attached hydrogen (secondary N) is 1. The summed E-state index contributed by atoms with van der Waals surface area (Å²) in [6, 6.07) is 6.15. The van der Waals surface area contributed by atoms with E-state index in [0.717, 1.165) is 36.3 Å². The minimum atomic E-state index is -0.279. The molecule has 2 aromatic heterocycles. The summed E-state index contributed by atoms with van der Waals surface area (Å²) in [5.41, 5.74) is 1.44. The van der Waals surface area contributed by atoms with Gasteiger partial charge in [-0.3, -0.25) is 0 Å². The Kier molecular flexibility index (Phi) is 3.63. The van der Waals surface area contributed by atoms with Crippen LogP contribution in [0.1, 0.15) is 12.8 Å². The van der Waals surface area contributed by atoms with Crippen molar-refractivity contribution in [3.05, 3.63) is 42.6 Å². The number of benzene rings is 1. The lowest BCUT2D eigenvalue weighted by atomic mass is 10.2. The molecule has 1 aliphatic rings. The van der Waals surface area contributed by atoms with Crippen LogP contribution in [0.3, 0.4) is 0 Å². The molecule has 4 rings (SSSR count). The Morgan fingerprint density at radius 1 is 1.26 bits per heavy atom. The number of aromatic nitrogens is 4. The summed E-state index contributed by atoms with van der Waals surface area (Å²) >= 11 is 0. The van der Waals surface area contributed by atoms with Gasteiger partial charge in [-0.25, -0.2) is 19.0 Å². The molecule has 1 aliphatic heterocycles. The predicted molar refractivity (Wildman–Crippen MR) is 84.1 cm³/mol. The van der Waals surface area contributed by atoms with Gasteiger partial charge in [0.25, 0.3) is 0 Å². The molecule has 1 fully saturated rings. The molecule has 1 aromatic carbocycles. The second kappa shape index (κ2) is 5.92. The van der Waals surface area contributed by atoms with Crippen molar-refractivity contribution in [2.24, 2.45) is 0 Å². The third-order valence-corrected chi connectivity index (χ3v) is 3.96. The molecule has 0 amide bonds. The Bertz CT molecular complexity index is 811. The van der Waals surface area contributed by atoms with Gasteiger partial charge in [0.1, 0.15) is 18.0 Å². The van der Waals surface area contributed by atoms with E-state index in [-0.39, 0.29) is 11.9 Å². The maximum atomic E-state index is 13.1. The summed E-state index contributed by atoms with van der Waals surface area (Å²) in [4.78, 5) is 8.60. The zero-order valence-corrected chi connectivity index (χ0v) is 12.4. The summed E-state index contributed by atoms with van der Waals surface area (Å²) < 4.78 is 20.4. The van der Waals surface area contributed by atoms with Crippen LogP contribution < -0.4 is 5.32 Å². The fourth-order valence-electron chi connectivity index (χ4n) is 2.77. The van der Waals surface area contributed by atoms with Gasteiger partial charge in [0, 0.05) is 13.2 Å². The number of hydrogen-bond donors (Lipinski definition) is 1. The summed E-state index contributed by atoms with van der Waals surface area (Å²) in [6.45, 7) is 1.54. The average Bonchev–Trinajstić information content (AvgIpc) is 3.23. The molecule has 118 valence electrons. The van der Waals surface area contributed by atoms with E-state index in [2.05, 4.69) is 20.4 Å². The Balaban J connectivity index is 1.64. The number of nitrogens with zero attached hydrogens (tertiary/aromatic N) is 4. The van der Waals surface area contributed by atoms with E-state index >= 15 is 0 Å². The van der Waals surface area contributed by atoms with E-state index < -0.39 is 0 Å². The summed E-state index contributed by atoms with van der Waals surface area (Å²) in [5, 5.41) is 8.50. The molecular formula is C16H16FN5O. The van der Waals surface area contributed by atoms with Gasteiger partial charge in [0.05, 0.1) is 23.4 Å². The van der Waals surface area contributed by atoms with Crippen LogP contribution in [0.15, 0.2) is 36.8 Å². The molecule has 0 bridgehead atoms. The Hall–Kier alpha value is -2.54. The Labute approximate surface area is 132 Å². The standard InChI is InChI=1S/C16H16FN5O/c17-11-3-5-12(6-4-11)22-16-14(9-21-22)15(19-10-20-16)18-8-13-2-1-7-23-13/h3-6,9-10,13H,1-2,7-8H2,(H,18,19,20)/t13-/m0/s1. The monoisotopic (exact) mass is 313 g/mol. The molecular weight excluding hydrogens is 297 g/mol. The number of rotatable bonds is 4. The van der Waals surface area contributed by atoms with Gasteiger partial charge >= 0.3 is 0 Å². The molecule has 0 radical (unpaired) electrons. The molecule has 0 spiro atoms. The quantitative estimate of drug-likeness (QED) is 0.802. The largest absolute Gasteiger partial charge is 0.376 e. The minimum Gasteiger partial charge on any atom is -0.376 e. The predicted octanol–water partition coefficient (Wildman–Crippen LogP) is 2.55. The molecule has 7 heteroatoms. The van der Waals surface area contributed by atoms with Gasteiger partial charge in [-0.15, -0.1) is 0 Å². The van der Waals surface area contributed by atoms with Crippen LogP contribution >= 0.6 is 0 Å². The molecule has 1 N–H and O–H groups in total. The van der Waals surface area contributed by atoms with Crippen molar-refractivity contribution in [2.75, 3.05) is 18.5 Å². The van der Waals surface area contributed by atoms with Crippen LogP contribution in [0.25, 0.3) is 16.7 Å². The van der Waals surface area contributed by atoms with Crippen molar-refractivity contribution < 1.29 is 9.13 Å². The number of fused-ring (bicyclic) bond motifs is 1. The van der Waals surface area contributed by atoms with E-state index in [1.54, 1.807) is 23.0 Å². The molecule has 0 saturated carbocycles. The van der Waals surface area contributed by atoms with E-state index in [0.29, 0.717) is 12.2 Å². The van der Waals surface area contributed by atoms with E-state index in [1.807, 2.05) is 0 Å². The molecule has 6 nitrogen and oxygen atoms in total. The van der Waals surface area contributed by atoms with Crippen molar-refractivity contribution in [2.45, 2.75) is 18.9 Å². The summed E-state index contributed by atoms with van der Waals surface area (Å²) in [7, 11) is 0. The smallest absolute Gasteiger partial charge is 0.168 e. The molecule has 3 aromatic rings. The first-order chi connectivity index (χ1) is 11.3. The zero-order chi connectivity index (χ0) is 15.6. The highest BCUT2D eigenvalue weighted by Gasteiger charge is 2.17. The number of halogens is 1. The van der Waals surface area contributed by atoms with Crippen molar-refractivity contribution in [3.63, 3.8) is 0 Å². The highest BCUT2D eigenvalue weighted by Crippen LogP contribution is 2.22. The van der Waals surface area contributed by atoms with Crippen molar-refractivity contribution in [1.82, 2.24) is 19.7 Å². The van der Waals surface area contributed by atoms with E-state index in [9.17, 15) is 4.39 Å². The lowest BCUT2D eigenvalue weighted by Gasteiger charge is -2.11. The topological polar surface area (TPSA) is 64.9 Å². The lowest BCUT2D eigenvalue weighted by Crippen LogP contribution is -2.19. The highest BCUT2D eigenvalue weighted by molar-refractivity contribution is 5.87. The normalized spacial score (nSPS) is 17.7. The first-order valence-electron chi connectivity index (χ1n) is 7.61. The SMILES string of the molecule is Fc1ccc(-n2ncc3c(NC[C@@H]4CCCO4)ncnc32)cc1. The first-order valence-corrected chi connectivity index (χ1v) is 7.61. The van der Waals surface area contributed by atoms with Gasteiger partial charge in [-0.2, -0.15) is 5.10 Å². The molecule has 23 heavy (non-hydrogen) atoms. The Morgan fingerprint density at radius 2 is 2.13 bits per heavy atom. The number of hydrogen-bond acceptors (Lipinski definition) is 5. The van der Waals surface area contributed by atoms with Gasteiger partial charge in [0.15, 0.2) is 5.65 Å². The fourth-order valence-corrected chi connectivity index (χ4v) is 2.77. The maximum Gasteiger partial charge on any atom is 0.168 e. The number of ether oxygens (including phenoxy) is 1. The first kappa shape index (κ1) is 14.1.